The SMILES string of the molecule is COc1ccc(CCNC(=O)Cc2ccc(OCc3ccccc3)c(OCc3ccccc3)c2)cc1OC. The van der Waals surface area contributed by atoms with Crippen LogP contribution in [0.5, 0.6) is 23.0 Å². The molecule has 0 aliphatic rings. The molecule has 0 aromatic heterocycles. The van der Waals surface area contributed by atoms with Crippen molar-refractivity contribution in [2.24, 2.45) is 0 Å². The van der Waals surface area contributed by atoms with E-state index in [1.54, 1.807) is 14.2 Å². The molecule has 0 saturated carbocycles. The fraction of sp³-hybridized carbons (Fsp3) is 0.219. The monoisotopic (exact) mass is 511 g/mol. The van der Waals surface area contributed by atoms with Crippen LogP contribution >= 0.6 is 0 Å². The van der Waals surface area contributed by atoms with Gasteiger partial charge >= 0.3 is 0 Å². The molecule has 4 aromatic carbocycles. The number of carbonyl (C=O) groups excluding carboxylic acids is 1. The van der Waals surface area contributed by atoms with Gasteiger partial charge in [0, 0.05) is 6.54 Å². The normalized spacial score (nSPS) is 10.5. The number of benzene rings is 4. The first-order valence-electron chi connectivity index (χ1n) is 12.6. The summed E-state index contributed by atoms with van der Waals surface area (Å²) >= 11 is 0. The predicted octanol–water partition coefficient (Wildman–Crippen LogP) is 5.76. The number of hydrogen-bond donors (Lipinski definition) is 1. The molecule has 0 atom stereocenters. The molecule has 0 aliphatic heterocycles. The zero-order valence-corrected chi connectivity index (χ0v) is 21.8. The third kappa shape index (κ3) is 7.77. The molecule has 4 aromatic rings. The summed E-state index contributed by atoms with van der Waals surface area (Å²) in [7, 11) is 3.22. The van der Waals surface area contributed by atoms with Crippen molar-refractivity contribution >= 4 is 5.91 Å². The summed E-state index contributed by atoms with van der Waals surface area (Å²) in [5.74, 6) is 2.55. The lowest BCUT2D eigenvalue weighted by atomic mass is 10.1. The lowest BCUT2D eigenvalue weighted by Crippen LogP contribution is -2.27. The van der Waals surface area contributed by atoms with E-state index >= 15 is 0 Å². The first kappa shape index (κ1) is 26.6. The third-order valence-electron chi connectivity index (χ3n) is 6.03. The highest BCUT2D eigenvalue weighted by atomic mass is 16.5. The first-order chi connectivity index (χ1) is 18.6. The molecule has 38 heavy (non-hydrogen) atoms. The van der Waals surface area contributed by atoms with Crippen LogP contribution in [0.15, 0.2) is 97.1 Å². The Morgan fingerprint density at radius 1 is 0.605 bits per heavy atom. The molecule has 1 N–H and O–H groups in total. The van der Waals surface area contributed by atoms with E-state index in [1.165, 1.54) is 0 Å². The molecule has 6 nitrogen and oxygen atoms in total. The van der Waals surface area contributed by atoms with Gasteiger partial charge in [0.2, 0.25) is 5.91 Å². The van der Waals surface area contributed by atoms with Crippen molar-refractivity contribution in [2.75, 3.05) is 20.8 Å². The van der Waals surface area contributed by atoms with Crippen molar-refractivity contribution in [3.05, 3.63) is 119 Å². The van der Waals surface area contributed by atoms with E-state index in [-0.39, 0.29) is 12.3 Å². The average molecular weight is 512 g/mol. The van der Waals surface area contributed by atoms with Crippen LogP contribution in [-0.2, 0) is 30.8 Å². The number of rotatable bonds is 13. The Bertz CT molecular complexity index is 1310. The first-order valence-corrected chi connectivity index (χ1v) is 12.6. The Morgan fingerprint density at radius 3 is 1.79 bits per heavy atom. The van der Waals surface area contributed by atoms with Gasteiger partial charge in [0.25, 0.3) is 0 Å². The fourth-order valence-electron chi connectivity index (χ4n) is 4.00. The predicted molar refractivity (Wildman–Crippen MR) is 148 cm³/mol. The van der Waals surface area contributed by atoms with Crippen LogP contribution in [-0.4, -0.2) is 26.7 Å². The van der Waals surface area contributed by atoms with Gasteiger partial charge in [-0.2, -0.15) is 0 Å². The Kier molecular flexibility index (Phi) is 9.63. The summed E-state index contributed by atoms with van der Waals surface area (Å²) in [5, 5.41) is 3.00. The number of nitrogens with one attached hydrogen (secondary N) is 1. The zero-order chi connectivity index (χ0) is 26.6. The standard InChI is InChI=1S/C32H33NO5/c1-35-28-15-13-24(19-30(28)36-2)17-18-33-32(34)21-27-14-16-29(37-22-25-9-5-3-6-10-25)31(20-27)38-23-26-11-7-4-8-12-26/h3-16,19-20H,17-18,21-23H2,1-2H3,(H,33,34). The van der Waals surface area contributed by atoms with E-state index in [4.69, 9.17) is 18.9 Å². The van der Waals surface area contributed by atoms with Crippen molar-refractivity contribution in [3.63, 3.8) is 0 Å². The molecule has 1 amide bonds. The molecule has 0 fully saturated rings. The van der Waals surface area contributed by atoms with Crippen LogP contribution in [0.2, 0.25) is 0 Å². The summed E-state index contributed by atoms with van der Waals surface area (Å²) in [6.45, 7) is 1.35. The highest BCUT2D eigenvalue weighted by molar-refractivity contribution is 5.78. The van der Waals surface area contributed by atoms with E-state index in [1.807, 2.05) is 97.1 Å². The second-order valence-electron chi connectivity index (χ2n) is 8.80. The van der Waals surface area contributed by atoms with Crippen LogP contribution in [0, 0.1) is 0 Å². The van der Waals surface area contributed by atoms with Crippen LogP contribution in [0.1, 0.15) is 22.3 Å². The van der Waals surface area contributed by atoms with Crippen LogP contribution in [0.4, 0.5) is 0 Å². The van der Waals surface area contributed by atoms with Crippen LogP contribution < -0.4 is 24.3 Å². The van der Waals surface area contributed by atoms with E-state index in [2.05, 4.69) is 5.32 Å². The molecule has 0 saturated heterocycles. The molecular weight excluding hydrogens is 478 g/mol. The van der Waals surface area contributed by atoms with Gasteiger partial charge in [-0.1, -0.05) is 72.8 Å². The van der Waals surface area contributed by atoms with Crippen LogP contribution in [0.3, 0.4) is 0 Å². The van der Waals surface area contributed by atoms with Crippen LogP contribution in [0.25, 0.3) is 0 Å². The summed E-state index contributed by atoms with van der Waals surface area (Å²) in [4.78, 5) is 12.7. The van der Waals surface area contributed by atoms with E-state index < -0.39 is 0 Å². The molecule has 0 unspecified atom stereocenters. The number of hydrogen-bond acceptors (Lipinski definition) is 5. The van der Waals surface area contributed by atoms with E-state index in [0.29, 0.717) is 49.2 Å². The number of carbonyl (C=O) groups is 1. The summed E-state index contributed by atoms with van der Waals surface area (Å²) in [5.41, 5.74) is 4.03. The summed E-state index contributed by atoms with van der Waals surface area (Å²) < 4.78 is 22.9. The molecular formula is C32H33NO5. The van der Waals surface area contributed by atoms with Gasteiger partial charge in [-0.25, -0.2) is 0 Å². The van der Waals surface area contributed by atoms with E-state index in [0.717, 1.165) is 22.3 Å². The van der Waals surface area contributed by atoms with E-state index in [9.17, 15) is 4.79 Å². The van der Waals surface area contributed by atoms with Crippen molar-refractivity contribution in [1.29, 1.82) is 0 Å². The second-order valence-corrected chi connectivity index (χ2v) is 8.80. The summed E-state index contributed by atoms with van der Waals surface area (Å²) in [6.07, 6.45) is 0.927. The Morgan fingerprint density at radius 2 is 1.16 bits per heavy atom. The van der Waals surface area contributed by atoms with Gasteiger partial charge in [0.1, 0.15) is 13.2 Å². The van der Waals surface area contributed by atoms with Crippen molar-refractivity contribution in [1.82, 2.24) is 5.32 Å². The third-order valence-corrected chi connectivity index (χ3v) is 6.03. The highest BCUT2D eigenvalue weighted by Gasteiger charge is 2.11. The molecule has 4 rings (SSSR count). The maximum absolute atomic E-state index is 12.7. The zero-order valence-electron chi connectivity index (χ0n) is 21.8. The van der Waals surface area contributed by atoms with Gasteiger partial charge in [-0.05, 0) is 52.9 Å². The lowest BCUT2D eigenvalue weighted by Gasteiger charge is -2.15. The minimum Gasteiger partial charge on any atom is -0.493 e. The largest absolute Gasteiger partial charge is 0.493 e. The van der Waals surface area contributed by atoms with Gasteiger partial charge in [0.05, 0.1) is 20.6 Å². The highest BCUT2D eigenvalue weighted by Crippen LogP contribution is 2.31. The van der Waals surface area contributed by atoms with Crippen molar-refractivity contribution in [2.45, 2.75) is 26.1 Å². The lowest BCUT2D eigenvalue weighted by molar-refractivity contribution is -0.120. The molecule has 0 heterocycles. The number of methoxy groups -OCH3 is 2. The van der Waals surface area contributed by atoms with Gasteiger partial charge in [-0.3, -0.25) is 4.79 Å². The number of amides is 1. The Hall–Kier alpha value is -4.45. The molecule has 0 radical (unpaired) electrons. The average Bonchev–Trinajstić information content (AvgIpc) is 2.96. The topological polar surface area (TPSA) is 66.0 Å². The van der Waals surface area contributed by atoms with Crippen molar-refractivity contribution < 1.29 is 23.7 Å². The number of ether oxygens (including phenoxy) is 4. The molecule has 0 aliphatic carbocycles. The van der Waals surface area contributed by atoms with Gasteiger partial charge < -0.3 is 24.3 Å². The Labute approximate surface area is 224 Å². The maximum Gasteiger partial charge on any atom is 0.224 e. The fourth-order valence-corrected chi connectivity index (χ4v) is 4.00. The molecule has 6 heteroatoms. The van der Waals surface area contributed by atoms with Crippen molar-refractivity contribution in [3.8, 4) is 23.0 Å². The quantitative estimate of drug-likeness (QED) is 0.247. The molecule has 0 spiro atoms. The smallest absolute Gasteiger partial charge is 0.224 e. The maximum atomic E-state index is 12.7. The molecule has 196 valence electrons. The minimum absolute atomic E-state index is 0.0579. The van der Waals surface area contributed by atoms with Gasteiger partial charge in [-0.15, -0.1) is 0 Å². The Balaban J connectivity index is 1.37. The summed E-state index contributed by atoms with van der Waals surface area (Å²) in [6, 6.07) is 31.4. The second kappa shape index (κ2) is 13.7. The van der Waals surface area contributed by atoms with Gasteiger partial charge in [0.15, 0.2) is 23.0 Å². The minimum atomic E-state index is -0.0579. The molecule has 0 bridgehead atoms.